The molecule has 0 saturated heterocycles. The summed E-state index contributed by atoms with van der Waals surface area (Å²) in [6, 6.07) is 16.6. The van der Waals surface area contributed by atoms with E-state index in [0.717, 1.165) is 16.4 Å². The second-order valence-electron chi connectivity index (χ2n) is 5.77. The lowest BCUT2D eigenvalue weighted by molar-refractivity contribution is 0.102. The summed E-state index contributed by atoms with van der Waals surface area (Å²) in [5.41, 5.74) is 3.47. The van der Waals surface area contributed by atoms with Crippen molar-refractivity contribution in [2.75, 3.05) is 5.75 Å². The molecule has 1 saturated carbocycles. The molecule has 1 aliphatic rings. The Hall–Kier alpha value is -1.54. The van der Waals surface area contributed by atoms with Crippen molar-refractivity contribution in [2.24, 2.45) is 0 Å². The third kappa shape index (κ3) is 3.56. The third-order valence-electron chi connectivity index (χ3n) is 4.20. The van der Waals surface area contributed by atoms with Crippen molar-refractivity contribution >= 4 is 17.5 Å². The molecule has 0 unspecified atom stereocenters. The van der Waals surface area contributed by atoms with Crippen LogP contribution in [0.1, 0.15) is 46.7 Å². The Kier molecular flexibility index (Phi) is 4.45. The lowest BCUT2D eigenvalue weighted by atomic mass is 9.80. The number of aryl methyl sites for hydroxylation is 1. The second kappa shape index (κ2) is 6.48. The van der Waals surface area contributed by atoms with Gasteiger partial charge in [-0.2, -0.15) is 0 Å². The first kappa shape index (κ1) is 14.4. The molecule has 0 radical (unpaired) electrons. The van der Waals surface area contributed by atoms with Crippen molar-refractivity contribution in [3.8, 4) is 0 Å². The lowest BCUT2D eigenvalue weighted by Gasteiger charge is -2.25. The van der Waals surface area contributed by atoms with Crippen molar-refractivity contribution in [2.45, 2.75) is 37.0 Å². The molecule has 0 atom stereocenters. The maximum atomic E-state index is 12.2. The maximum Gasteiger partial charge on any atom is 0.173 e. The SMILES string of the molecule is Cc1ccc(SCC(=O)c2ccc(C3CCC3)cc2)cc1. The van der Waals surface area contributed by atoms with Gasteiger partial charge in [0.1, 0.15) is 0 Å². The predicted molar refractivity (Wildman–Crippen MR) is 89.3 cm³/mol. The molecule has 0 aromatic heterocycles. The molecule has 1 aliphatic carbocycles. The van der Waals surface area contributed by atoms with Crippen molar-refractivity contribution < 1.29 is 4.79 Å². The monoisotopic (exact) mass is 296 g/mol. The summed E-state index contributed by atoms with van der Waals surface area (Å²) in [7, 11) is 0. The van der Waals surface area contributed by atoms with Crippen molar-refractivity contribution in [1.82, 2.24) is 0 Å². The number of hydrogen-bond acceptors (Lipinski definition) is 2. The molecule has 1 fully saturated rings. The first-order valence-electron chi connectivity index (χ1n) is 7.55. The molecule has 0 heterocycles. The van der Waals surface area contributed by atoms with Crippen LogP contribution in [0.25, 0.3) is 0 Å². The Morgan fingerprint density at radius 1 is 1.05 bits per heavy atom. The third-order valence-corrected chi connectivity index (χ3v) is 5.21. The van der Waals surface area contributed by atoms with Crippen LogP contribution in [0.15, 0.2) is 53.4 Å². The minimum Gasteiger partial charge on any atom is -0.293 e. The van der Waals surface area contributed by atoms with Gasteiger partial charge in [0.2, 0.25) is 0 Å². The van der Waals surface area contributed by atoms with Gasteiger partial charge in [-0.3, -0.25) is 4.79 Å². The van der Waals surface area contributed by atoms with Crippen LogP contribution in [0.2, 0.25) is 0 Å². The van der Waals surface area contributed by atoms with Gasteiger partial charge in [-0.25, -0.2) is 0 Å². The molecule has 3 rings (SSSR count). The standard InChI is InChI=1S/C19H20OS/c1-14-5-11-18(12-6-14)21-13-19(20)17-9-7-16(8-10-17)15-3-2-4-15/h5-12,15H,2-4,13H2,1H3. The predicted octanol–water partition coefficient (Wildman–Crippen LogP) is 5.24. The molecule has 1 nitrogen and oxygen atoms in total. The van der Waals surface area contributed by atoms with Crippen LogP contribution in [-0.4, -0.2) is 11.5 Å². The topological polar surface area (TPSA) is 17.1 Å². The first-order valence-corrected chi connectivity index (χ1v) is 8.53. The molecular formula is C19H20OS. The van der Waals surface area contributed by atoms with Crippen LogP contribution in [0.5, 0.6) is 0 Å². The second-order valence-corrected chi connectivity index (χ2v) is 6.82. The van der Waals surface area contributed by atoms with Gasteiger partial charge in [0, 0.05) is 10.5 Å². The highest BCUT2D eigenvalue weighted by Crippen LogP contribution is 2.36. The highest BCUT2D eigenvalue weighted by atomic mass is 32.2. The Labute approximate surface area is 130 Å². The Balaban J connectivity index is 1.58. The van der Waals surface area contributed by atoms with E-state index in [4.69, 9.17) is 0 Å². The van der Waals surface area contributed by atoms with Crippen LogP contribution < -0.4 is 0 Å². The van der Waals surface area contributed by atoms with Crippen LogP contribution in [0, 0.1) is 6.92 Å². The molecule has 2 heteroatoms. The van der Waals surface area contributed by atoms with Crippen molar-refractivity contribution in [3.63, 3.8) is 0 Å². The van der Waals surface area contributed by atoms with Crippen LogP contribution >= 0.6 is 11.8 Å². The number of rotatable bonds is 5. The summed E-state index contributed by atoms with van der Waals surface area (Å²) in [5.74, 6) is 1.45. The largest absolute Gasteiger partial charge is 0.293 e. The normalized spacial score (nSPS) is 14.7. The van der Waals surface area contributed by atoms with Crippen LogP contribution in [0.4, 0.5) is 0 Å². The molecule has 0 amide bonds. The average molecular weight is 296 g/mol. The van der Waals surface area contributed by atoms with Gasteiger partial charge in [-0.15, -0.1) is 11.8 Å². The molecule has 0 bridgehead atoms. The Morgan fingerprint density at radius 3 is 2.29 bits per heavy atom. The Bertz CT molecular complexity index is 609. The minimum absolute atomic E-state index is 0.209. The fourth-order valence-electron chi connectivity index (χ4n) is 2.55. The molecule has 0 aliphatic heterocycles. The number of Topliss-reactive ketones (excluding diaryl/α,β-unsaturated/α-hetero) is 1. The van der Waals surface area contributed by atoms with Gasteiger partial charge in [-0.1, -0.05) is 48.4 Å². The van der Waals surface area contributed by atoms with Crippen LogP contribution in [0.3, 0.4) is 0 Å². The summed E-state index contributed by atoms with van der Waals surface area (Å²) in [4.78, 5) is 13.4. The number of benzene rings is 2. The highest BCUT2D eigenvalue weighted by molar-refractivity contribution is 8.00. The molecule has 2 aromatic rings. The molecule has 108 valence electrons. The zero-order valence-electron chi connectivity index (χ0n) is 12.3. The molecule has 2 aromatic carbocycles. The number of hydrogen-bond donors (Lipinski definition) is 0. The van der Waals surface area contributed by atoms with Crippen molar-refractivity contribution in [1.29, 1.82) is 0 Å². The van der Waals surface area contributed by atoms with Gasteiger partial charge in [0.25, 0.3) is 0 Å². The number of carbonyl (C=O) groups excluding carboxylic acids is 1. The van der Waals surface area contributed by atoms with Gasteiger partial charge < -0.3 is 0 Å². The van der Waals surface area contributed by atoms with E-state index >= 15 is 0 Å². The summed E-state index contributed by atoms with van der Waals surface area (Å²) in [6.07, 6.45) is 3.95. The fraction of sp³-hybridized carbons (Fsp3) is 0.316. The van der Waals surface area contributed by atoms with E-state index in [9.17, 15) is 4.79 Å². The van der Waals surface area contributed by atoms with E-state index in [1.54, 1.807) is 11.8 Å². The van der Waals surface area contributed by atoms with Gasteiger partial charge in [0.05, 0.1) is 5.75 Å². The van der Waals surface area contributed by atoms with E-state index < -0.39 is 0 Å². The zero-order chi connectivity index (χ0) is 14.7. The van der Waals surface area contributed by atoms with Gasteiger partial charge in [-0.05, 0) is 43.4 Å². The Morgan fingerprint density at radius 2 is 1.71 bits per heavy atom. The maximum absolute atomic E-state index is 12.2. The highest BCUT2D eigenvalue weighted by Gasteiger charge is 2.19. The number of ketones is 1. The smallest absolute Gasteiger partial charge is 0.173 e. The average Bonchev–Trinajstić information content (AvgIpc) is 2.45. The summed E-state index contributed by atoms with van der Waals surface area (Å²) < 4.78 is 0. The van der Waals surface area contributed by atoms with E-state index in [1.807, 2.05) is 12.1 Å². The fourth-order valence-corrected chi connectivity index (χ4v) is 3.34. The van der Waals surface area contributed by atoms with Gasteiger partial charge >= 0.3 is 0 Å². The van der Waals surface area contributed by atoms with E-state index in [1.165, 1.54) is 30.4 Å². The lowest BCUT2D eigenvalue weighted by Crippen LogP contribution is -2.09. The zero-order valence-corrected chi connectivity index (χ0v) is 13.2. The first-order chi connectivity index (χ1) is 10.2. The quantitative estimate of drug-likeness (QED) is 0.554. The number of carbonyl (C=O) groups is 1. The minimum atomic E-state index is 0.209. The van der Waals surface area contributed by atoms with E-state index in [0.29, 0.717) is 5.75 Å². The summed E-state index contributed by atoms with van der Waals surface area (Å²) in [6.45, 7) is 2.07. The molecular weight excluding hydrogens is 276 g/mol. The number of thioether (sulfide) groups is 1. The summed E-state index contributed by atoms with van der Waals surface area (Å²) >= 11 is 1.61. The summed E-state index contributed by atoms with van der Waals surface area (Å²) in [5, 5.41) is 0. The van der Waals surface area contributed by atoms with Gasteiger partial charge in [0.15, 0.2) is 5.78 Å². The van der Waals surface area contributed by atoms with E-state index in [-0.39, 0.29) is 5.78 Å². The molecule has 0 N–H and O–H groups in total. The molecule has 21 heavy (non-hydrogen) atoms. The van der Waals surface area contributed by atoms with Crippen molar-refractivity contribution in [3.05, 3.63) is 65.2 Å². The van der Waals surface area contributed by atoms with E-state index in [2.05, 4.69) is 43.3 Å². The molecule has 0 spiro atoms. The van der Waals surface area contributed by atoms with Crippen LogP contribution in [-0.2, 0) is 0 Å².